The lowest BCUT2D eigenvalue weighted by Gasteiger charge is -2.22. The first-order chi connectivity index (χ1) is 8.76. The van der Waals surface area contributed by atoms with Crippen LogP contribution in [-0.4, -0.2) is 23.1 Å². The largest absolute Gasteiger partial charge is 0.356 e. The first-order valence-corrected chi connectivity index (χ1v) is 7.20. The normalized spacial score (nSPS) is 10.8. The highest BCUT2D eigenvalue weighted by atomic mass is 79.9. The van der Waals surface area contributed by atoms with E-state index in [0.717, 1.165) is 34.3 Å². The van der Waals surface area contributed by atoms with Crippen LogP contribution in [0.25, 0.3) is 10.9 Å². The number of unbranched alkanes of at least 4 members (excludes halogenated alkanes) is 1. The van der Waals surface area contributed by atoms with Crippen LogP contribution in [0.15, 0.2) is 29.0 Å². The summed E-state index contributed by atoms with van der Waals surface area (Å²) in [5.74, 6) is 1.04. The van der Waals surface area contributed by atoms with Gasteiger partial charge in [0.1, 0.15) is 12.1 Å². The van der Waals surface area contributed by atoms with Crippen molar-refractivity contribution in [2.75, 3.05) is 18.0 Å². The maximum atomic E-state index is 4.47. The van der Waals surface area contributed by atoms with Gasteiger partial charge in [-0.05, 0) is 31.5 Å². The summed E-state index contributed by atoms with van der Waals surface area (Å²) in [5, 5.41) is 1.12. The van der Waals surface area contributed by atoms with Gasteiger partial charge in [-0.2, -0.15) is 0 Å². The van der Waals surface area contributed by atoms with Crippen LogP contribution >= 0.6 is 15.9 Å². The highest BCUT2D eigenvalue weighted by molar-refractivity contribution is 9.10. The Hall–Kier alpha value is -1.16. The smallest absolute Gasteiger partial charge is 0.139 e. The molecule has 3 nitrogen and oxygen atoms in total. The van der Waals surface area contributed by atoms with Gasteiger partial charge in [0.05, 0.1) is 5.52 Å². The fourth-order valence-electron chi connectivity index (χ4n) is 2.03. The van der Waals surface area contributed by atoms with Crippen molar-refractivity contribution in [1.82, 2.24) is 9.97 Å². The Bertz CT molecular complexity index is 527. The van der Waals surface area contributed by atoms with Crippen LogP contribution in [0.1, 0.15) is 26.7 Å². The van der Waals surface area contributed by atoms with Crippen LogP contribution in [-0.2, 0) is 0 Å². The average Bonchev–Trinajstić information content (AvgIpc) is 2.40. The summed E-state index contributed by atoms with van der Waals surface area (Å²) in [6.45, 7) is 6.40. The lowest BCUT2D eigenvalue weighted by molar-refractivity contribution is 0.726. The number of halogens is 1. The minimum atomic E-state index is 0.971. The van der Waals surface area contributed by atoms with Crippen molar-refractivity contribution in [1.29, 1.82) is 0 Å². The van der Waals surface area contributed by atoms with Crippen molar-refractivity contribution in [3.8, 4) is 0 Å². The zero-order valence-electron chi connectivity index (χ0n) is 10.9. The van der Waals surface area contributed by atoms with E-state index in [-0.39, 0.29) is 0 Å². The maximum absolute atomic E-state index is 4.47. The van der Waals surface area contributed by atoms with E-state index in [4.69, 9.17) is 0 Å². The molecule has 1 aromatic heterocycles. The summed E-state index contributed by atoms with van der Waals surface area (Å²) in [4.78, 5) is 11.1. The van der Waals surface area contributed by atoms with Gasteiger partial charge in [0.15, 0.2) is 0 Å². The van der Waals surface area contributed by atoms with Crippen LogP contribution in [0.2, 0.25) is 0 Å². The molecule has 0 radical (unpaired) electrons. The topological polar surface area (TPSA) is 29.0 Å². The molecule has 0 aliphatic carbocycles. The van der Waals surface area contributed by atoms with E-state index in [9.17, 15) is 0 Å². The first kappa shape index (κ1) is 13.3. The number of benzene rings is 1. The fraction of sp³-hybridized carbons (Fsp3) is 0.429. The molecule has 0 fully saturated rings. The molecule has 0 amide bonds. The number of hydrogen-bond acceptors (Lipinski definition) is 3. The van der Waals surface area contributed by atoms with E-state index in [1.807, 2.05) is 12.1 Å². The van der Waals surface area contributed by atoms with Gasteiger partial charge >= 0.3 is 0 Å². The third-order valence-corrected chi connectivity index (χ3v) is 3.53. The quantitative estimate of drug-likeness (QED) is 0.835. The second-order valence-electron chi connectivity index (χ2n) is 4.29. The molecule has 1 heterocycles. The van der Waals surface area contributed by atoms with E-state index in [1.165, 1.54) is 12.8 Å². The van der Waals surface area contributed by atoms with Crippen LogP contribution in [0.4, 0.5) is 5.82 Å². The van der Waals surface area contributed by atoms with Crippen molar-refractivity contribution in [3.63, 3.8) is 0 Å². The summed E-state index contributed by atoms with van der Waals surface area (Å²) in [6.07, 6.45) is 4.04. The lowest BCUT2D eigenvalue weighted by atomic mass is 10.2. The molecular weight excluding hydrogens is 290 g/mol. The van der Waals surface area contributed by atoms with Gasteiger partial charge in [-0.3, -0.25) is 0 Å². The summed E-state index contributed by atoms with van der Waals surface area (Å²) in [6, 6.07) is 6.14. The van der Waals surface area contributed by atoms with E-state index >= 15 is 0 Å². The minimum absolute atomic E-state index is 0.971. The van der Waals surface area contributed by atoms with E-state index in [1.54, 1.807) is 6.33 Å². The van der Waals surface area contributed by atoms with Gasteiger partial charge in [-0.1, -0.05) is 29.3 Å². The molecule has 2 rings (SSSR count). The van der Waals surface area contributed by atoms with Crippen LogP contribution < -0.4 is 4.90 Å². The predicted molar refractivity (Wildman–Crippen MR) is 80.0 cm³/mol. The third kappa shape index (κ3) is 2.80. The Morgan fingerprint density at radius 2 is 2.06 bits per heavy atom. The van der Waals surface area contributed by atoms with Crippen molar-refractivity contribution in [3.05, 3.63) is 29.0 Å². The average molecular weight is 308 g/mol. The summed E-state index contributed by atoms with van der Waals surface area (Å²) in [7, 11) is 0. The van der Waals surface area contributed by atoms with E-state index in [0.29, 0.717) is 0 Å². The maximum Gasteiger partial charge on any atom is 0.139 e. The number of anilines is 1. The zero-order chi connectivity index (χ0) is 13.0. The molecule has 0 saturated carbocycles. The Morgan fingerprint density at radius 3 is 2.78 bits per heavy atom. The molecule has 0 bridgehead atoms. The zero-order valence-corrected chi connectivity index (χ0v) is 12.4. The van der Waals surface area contributed by atoms with Crippen molar-refractivity contribution < 1.29 is 0 Å². The summed E-state index contributed by atoms with van der Waals surface area (Å²) < 4.78 is 1.07. The highest BCUT2D eigenvalue weighted by Gasteiger charge is 2.10. The first-order valence-electron chi connectivity index (χ1n) is 6.41. The van der Waals surface area contributed by atoms with E-state index < -0.39 is 0 Å². The molecule has 96 valence electrons. The molecule has 0 spiro atoms. The fourth-order valence-corrected chi connectivity index (χ4v) is 2.39. The van der Waals surface area contributed by atoms with Crippen LogP contribution in [0, 0.1) is 0 Å². The summed E-state index contributed by atoms with van der Waals surface area (Å²) in [5.41, 5.74) is 0.998. The molecule has 0 N–H and O–H groups in total. The molecule has 0 atom stereocenters. The molecule has 0 unspecified atom stereocenters. The van der Waals surface area contributed by atoms with Crippen molar-refractivity contribution in [2.45, 2.75) is 26.7 Å². The molecule has 18 heavy (non-hydrogen) atoms. The number of fused-ring (bicyclic) bond motifs is 1. The molecule has 0 saturated heterocycles. The number of aromatic nitrogens is 2. The van der Waals surface area contributed by atoms with Gasteiger partial charge in [-0.25, -0.2) is 9.97 Å². The van der Waals surface area contributed by atoms with E-state index in [2.05, 4.69) is 50.7 Å². The second-order valence-corrected chi connectivity index (χ2v) is 5.21. The molecule has 4 heteroatoms. The Kier molecular flexibility index (Phi) is 4.53. The van der Waals surface area contributed by atoms with Crippen LogP contribution in [0.3, 0.4) is 0 Å². The predicted octanol–water partition coefficient (Wildman–Crippen LogP) is 4.02. The molecule has 2 aromatic rings. The molecule has 0 aliphatic heterocycles. The number of rotatable bonds is 5. The van der Waals surface area contributed by atoms with Gasteiger partial charge in [0.25, 0.3) is 0 Å². The van der Waals surface area contributed by atoms with Crippen molar-refractivity contribution >= 4 is 32.7 Å². The lowest BCUT2D eigenvalue weighted by Crippen LogP contribution is -2.25. The molecule has 0 aliphatic rings. The Morgan fingerprint density at radius 1 is 1.22 bits per heavy atom. The van der Waals surface area contributed by atoms with Gasteiger partial charge < -0.3 is 4.90 Å². The standard InChI is InChI=1S/C14H18BrN3/c1-3-5-8-18(4-2)14-12-9-11(15)6-7-13(12)16-10-17-14/h6-7,9-10H,3-5,8H2,1-2H3. The van der Waals surface area contributed by atoms with Gasteiger partial charge in [0.2, 0.25) is 0 Å². The second kappa shape index (κ2) is 6.14. The minimum Gasteiger partial charge on any atom is -0.356 e. The SMILES string of the molecule is CCCCN(CC)c1ncnc2ccc(Br)cc12. The Balaban J connectivity index is 2.44. The Labute approximate surface area is 116 Å². The molecule has 1 aromatic carbocycles. The number of hydrogen-bond donors (Lipinski definition) is 0. The van der Waals surface area contributed by atoms with Gasteiger partial charge in [-0.15, -0.1) is 0 Å². The highest BCUT2D eigenvalue weighted by Crippen LogP contribution is 2.26. The van der Waals surface area contributed by atoms with Gasteiger partial charge in [0, 0.05) is 22.9 Å². The monoisotopic (exact) mass is 307 g/mol. The van der Waals surface area contributed by atoms with Crippen LogP contribution in [0.5, 0.6) is 0 Å². The molecular formula is C14H18BrN3. The van der Waals surface area contributed by atoms with Crippen molar-refractivity contribution in [2.24, 2.45) is 0 Å². The summed E-state index contributed by atoms with van der Waals surface area (Å²) >= 11 is 3.52. The number of nitrogens with zero attached hydrogens (tertiary/aromatic N) is 3. The third-order valence-electron chi connectivity index (χ3n) is 3.04.